The van der Waals surface area contributed by atoms with E-state index in [0.29, 0.717) is 36.9 Å². The number of fused-ring (bicyclic) bond motifs is 2. The molecule has 1 saturated heterocycles. The van der Waals surface area contributed by atoms with Crippen molar-refractivity contribution in [1.82, 2.24) is 29.3 Å². The molecule has 2 amide bonds. The lowest BCUT2D eigenvalue weighted by Gasteiger charge is -2.30. The third-order valence-electron chi connectivity index (χ3n) is 9.48. The van der Waals surface area contributed by atoms with Crippen molar-refractivity contribution in [2.75, 3.05) is 20.2 Å². The summed E-state index contributed by atoms with van der Waals surface area (Å²) in [4.78, 5) is 38.4. The van der Waals surface area contributed by atoms with Crippen molar-refractivity contribution in [2.24, 2.45) is 5.73 Å². The van der Waals surface area contributed by atoms with Crippen molar-refractivity contribution in [1.29, 1.82) is 0 Å². The van der Waals surface area contributed by atoms with E-state index in [1.807, 2.05) is 30.0 Å². The van der Waals surface area contributed by atoms with Crippen molar-refractivity contribution in [3.8, 4) is 17.3 Å². The van der Waals surface area contributed by atoms with Gasteiger partial charge in [-0.2, -0.15) is 0 Å². The van der Waals surface area contributed by atoms with Gasteiger partial charge in [0.15, 0.2) is 5.82 Å². The van der Waals surface area contributed by atoms with Crippen molar-refractivity contribution in [3.63, 3.8) is 0 Å². The van der Waals surface area contributed by atoms with Gasteiger partial charge < -0.3 is 29.8 Å². The molecule has 44 heavy (non-hydrogen) atoms. The zero-order valence-electron chi connectivity index (χ0n) is 25.8. The second-order valence-electron chi connectivity index (χ2n) is 12.9. The number of amides is 2. The van der Waals surface area contributed by atoms with E-state index < -0.39 is 0 Å². The fraction of sp³-hybridized carbons (Fsp3) is 0.529. The number of likely N-dealkylation sites (tertiary alicyclic amines) is 1. The number of aromatic nitrogens is 4. The molecule has 5 heterocycles. The molecule has 0 unspecified atom stereocenters. The van der Waals surface area contributed by atoms with Crippen molar-refractivity contribution in [2.45, 2.75) is 95.8 Å². The lowest BCUT2D eigenvalue weighted by molar-refractivity contribution is -0.121. The summed E-state index contributed by atoms with van der Waals surface area (Å²) in [5, 5.41) is 4.19. The normalized spacial score (nSPS) is 21.9. The van der Waals surface area contributed by atoms with Crippen LogP contribution in [0.25, 0.3) is 33.6 Å². The Hall–Kier alpha value is -3.92. The van der Waals surface area contributed by atoms with Gasteiger partial charge in [0.1, 0.15) is 16.9 Å². The number of hydrogen-bond donors (Lipinski definition) is 2. The zero-order valence-corrected chi connectivity index (χ0v) is 25.8. The minimum absolute atomic E-state index is 0.0112. The van der Waals surface area contributed by atoms with Crippen LogP contribution >= 0.6 is 0 Å². The summed E-state index contributed by atoms with van der Waals surface area (Å²) in [6, 6.07) is 10.3. The Bertz CT molecular complexity index is 1720. The van der Waals surface area contributed by atoms with E-state index in [9.17, 15) is 9.59 Å². The number of benzene rings is 1. The van der Waals surface area contributed by atoms with Gasteiger partial charge in [-0.15, -0.1) is 0 Å². The summed E-state index contributed by atoms with van der Waals surface area (Å²) in [6.45, 7) is 4.12. The maximum absolute atomic E-state index is 13.6. The topological polar surface area (TPSA) is 120 Å². The van der Waals surface area contributed by atoms with Crippen LogP contribution < -0.4 is 15.8 Å². The monoisotopic (exact) mass is 597 g/mol. The number of methoxy groups -OCH3 is 1. The lowest BCUT2D eigenvalue weighted by atomic mass is 10.0. The van der Waals surface area contributed by atoms with Crippen molar-refractivity contribution >= 4 is 33.9 Å². The molecule has 7 rings (SSSR count). The van der Waals surface area contributed by atoms with Gasteiger partial charge in [0.2, 0.25) is 5.91 Å². The first-order valence-corrected chi connectivity index (χ1v) is 16.4. The van der Waals surface area contributed by atoms with E-state index in [1.54, 1.807) is 7.11 Å². The van der Waals surface area contributed by atoms with Crippen LogP contribution in [0.5, 0.6) is 5.75 Å². The Morgan fingerprint density at radius 3 is 2.61 bits per heavy atom. The van der Waals surface area contributed by atoms with Gasteiger partial charge >= 0.3 is 0 Å². The SMILES string of the molecule is COc1cc(C(=O)N2CCC[C@@H](N)C2)cc2nc(-c3cc4ccc5nc4n3CCCCCCCC(=O)N[C@@H]5C)n(C3CC3)c12. The van der Waals surface area contributed by atoms with Gasteiger partial charge in [-0.25, -0.2) is 9.97 Å². The van der Waals surface area contributed by atoms with Crippen LogP contribution in [0.4, 0.5) is 0 Å². The molecular weight excluding hydrogens is 554 g/mol. The number of rotatable bonds is 4. The van der Waals surface area contributed by atoms with Crippen LogP contribution in [-0.4, -0.2) is 62.1 Å². The molecule has 2 bridgehead atoms. The minimum atomic E-state index is -0.174. The summed E-state index contributed by atoms with van der Waals surface area (Å²) in [7, 11) is 1.67. The number of carbonyl (C=O) groups is 2. The highest BCUT2D eigenvalue weighted by Crippen LogP contribution is 2.45. The van der Waals surface area contributed by atoms with E-state index in [1.165, 1.54) is 0 Å². The molecule has 2 fully saturated rings. The number of pyridine rings is 1. The number of imidazole rings is 1. The molecule has 3 aliphatic rings. The molecule has 3 N–H and O–H groups in total. The molecule has 1 aromatic carbocycles. The van der Waals surface area contributed by atoms with E-state index >= 15 is 0 Å². The van der Waals surface area contributed by atoms with E-state index in [0.717, 1.165) is 104 Å². The number of nitrogens with two attached hydrogens (primary N) is 1. The summed E-state index contributed by atoms with van der Waals surface area (Å²) in [6.07, 6.45) is 9.76. The number of aryl methyl sites for hydroxylation is 1. The molecule has 10 nitrogen and oxygen atoms in total. The molecule has 3 aromatic heterocycles. The van der Waals surface area contributed by atoms with Gasteiger partial charge in [-0.3, -0.25) is 9.59 Å². The third kappa shape index (κ3) is 5.44. The second kappa shape index (κ2) is 11.9. The van der Waals surface area contributed by atoms with Crippen LogP contribution in [0.1, 0.15) is 99.3 Å². The molecule has 4 aromatic rings. The average Bonchev–Trinajstić information content (AvgIpc) is 3.69. The van der Waals surface area contributed by atoms with Crippen LogP contribution in [0.2, 0.25) is 0 Å². The van der Waals surface area contributed by atoms with Crippen molar-refractivity contribution in [3.05, 3.63) is 41.6 Å². The highest BCUT2D eigenvalue weighted by atomic mass is 16.5. The molecule has 0 radical (unpaired) electrons. The van der Waals surface area contributed by atoms with Gasteiger partial charge in [-0.05, 0) is 75.8 Å². The predicted molar refractivity (Wildman–Crippen MR) is 171 cm³/mol. The Morgan fingerprint density at radius 1 is 1.00 bits per heavy atom. The Balaban J connectivity index is 1.36. The number of carbonyl (C=O) groups excluding carboxylic acids is 2. The minimum Gasteiger partial charge on any atom is -0.494 e. The van der Waals surface area contributed by atoms with Crippen LogP contribution in [0.3, 0.4) is 0 Å². The first-order valence-electron chi connectivity index (χ1n) is 16.4. The largest absolute Gasteiger partial charge is 0.494 e. The fourth-order valence-electron chi connectivity index (χ4n) is 6.99. The molecule has 1 saturated carbocycles. The van der Waals surface area contributed by atoms with Crippen LogP contribution in [0, 0.1) is 0 Å². The number of piperidine rings is 1. The highest BCUT2D eigenvalue weighted by Gasteiger charge is 2.33. The summed E-state index contributed by atoms with van der Waals surface area (Å²) < 4.78 is 10.6. The number of ether oxygens (including phenoxy) is 1. The fourth-order valence-corrected chi connectivity index (χ4v) is 6.99. The predicted octanol–water partition coefficient (Wildman–Crippen LogP) is 5.49. The first kappa shape index (κ1) is 28.8. The third-order valence-corrected chi connectivity index (χ3v) is 9.48. The van der Waals surface area contributed by atoms with Crippen LogP contribution in [-0.2, 0) is 11.3 Å². The smallest absolute Gasteiger partial charge is 0.254 e. The molecule has 0 spiro atoms. The molecule has 232 valence electrons. The Labute approximate surface area is 257 Å². The molecule has 2 aliphatic heterocycles. The quantitative estimate of drug-likeness (QED) is 0.321. The number of hydrogen-bond acceptors (Lipinski definition) is 6. The van der Waals surface area contributed by atoms with Gasteiger partial charge in [0.25, 0.3) is 5.91 Å². The standard InChI is InChI=1S/C34H43N7O3/c1-21-26-14-11-22-18-28(40(32(22)37-26)16-7-5-3-4-6-10-30(42)36-21)33-38-27-17-23(34(43)39-15-8-9-24(35)20-39)19-29(44-2)31(27)41(33)25-12-13-25/h11,14,17-19,21,24-25H,3-10,12-13,15-16,20,35H2,1-2H3,(H,36,42)/t21-,24-/m1/s1. The van der Waals surface area contributed by atoms with Gasteiger partial charge in [-0.1, -0.05) is 19.3 Å². The summed E-state index contributed by atoms with van der Waals surface area (Å²) in [5.74, 6) is 1.61. The maximum atomic E-state index is 13.6. The number of nitrogens with one attached hydrogen (secondary N) is 1. The second-order valence-corrected chi connectivity index (χ2v) is 12.9. The Morgan fingerprint density at radius 2 is 1.82 bits per heavy atom. The molecule has 10 heteroatoms. The van der Waals surface area contributed by atoms with E-state index in [-0.39, 0.29) is 23.9 Å². The molecule has 2 atom stereocenters. The Kier molecular flexibility index (Phi) is 7.78. The van der Waals surface area contributed by atoms with Crippen molar-refractivity contribution < 1.29 is 14.3 Å². The van der Waals surface area contributed by atoms with Gasteiger partial charge in [0.05, 0.1) is 30.1 Å². The molecular formula is C34H43N7O3. The summed E-state index contributed by atoms with van der Waals surface area (Å²) in [5.41, 5.74) is 11.3. The van der Waals surface area contributed by atoms with Gasteiger partial charge in [0, 0.05) is 49.1 Å². The summed E-state index contributed by atoms with van der Waals surface area (Å²) >= 11 is 0. The molecule has 1 aliphatic carbocycles. The van der Waals surface area contributed by atoms with E-state index in [2.05, 4.69) is 26.6 Å². The van der Waals surface area contributed by atoms with Crippen LogP contribution in [0.15, 0.2) is 30.3 Å². The maximum Gasteiger partial charge on any atom is 0.254 e. The average molecular weight is 598 g/mol. The number of nitrogens with zero attached hydrogens (tertiary/aromatic N) is 5. The first-order chi connectivity index (χ1) is 21.4. The highest BCUT2D eigenvalue weighted by molar-refractivity contribution is 6.00. The van der Waals surface area contributed by atoms with E-state index in [4.69, 9.17) is 20.4 Å². The lowest BCUT2D eigenvalue weighted by Crippen LogP contribution is -2.45. The zero-order chi connectivity index (χ0) is 30.4.